The topological polar surface area (TPSA) is 41.6 Å². The van der Waals surface area contributed by atoms with E-state index in [0.29, 0.717) is 12.1 Å². The number of ether oxygens (including phenoxy) is 1. The normalized spacial score (nSPS) is 15.1. The lowest BCUT2D eigenvalue weighted by Gasteiger charge is -2.14. The van der Waals surface area contributed by atoms with Crippen LogP contribution < -0.4 is 10.1 Å². The molecular formula is C17H26N2O2. The molecule has 0 saturated carbocycles. The van der Waals surface area contributed by atoms with Crippen molar-refractivity contribution in [1.29, 1.82) is 0 Å². The maximum atomic E-state index is 12.0. The van der Waals surface area contributed by atoms with Gasteiger partial charge in [0.05, 0.1) is 6.61 Å². The Hall–Kier alpha value is -1.55. The number of benzene rings is 1. The number of unbranched alkanes of at least 4 members (excludes halogenated alkanes) is 1. The minimum Gasteiger partial charge on any atom is -0.494 e. The molecular weight excluding hydrogens is 264 g/mol. The van der Waals surface area contributed by atoms with Crippen LogP contribution in [-0.2, 0) is 0 Å². The van der Waals surface area contributed by atoms with Gasteiger partial charge in [0, 0.05) is 18.7 Å². The minimum absolute atomic E-state index is 0.00527. The van der Waals surface area contributed by atoms with Crippen LogP contribution in [0.25, 0.3) is 0 Å². The highest BCUT2D eigenvalue weighted by molar-refractivity contribution is 5.94. The lowest BCUT2D eigenvalue weighted by molar-refractivity contribution is 0.0949. The molecule has 1 amide bonds. The number of nitrogens with zero attached hydrogens (tertiary/aromatic N) is 1. The summed E-state index contributed by atoms with van der Waals surface area (Å²) < 4.78 is 5.59. The van der Waals surface area contributed by atoms with E-state index in [2.05, 4.69) is 17.1 Å². The molecule has 0 radical (unpaired) electrons. The molecule has 1 heterocycles. The zero-order valence-electron chi connectivity index (χ0n) is 12.9. The van der Waals surface area contributed by atoms with Gasteiger partial charge in [-0.2, -0.15) is 0 Å². The van der Waals surface area contributed by atoms with Gasteiger partial charge < -0.3 is 15.0 Å². The van der Waals surface area contributed by atoms with Crippen LogP contribution in [0.1, 0.15) is 43.0 Å². The molecule has 0 bridgehead atoms. The van der Waals surface area contributed by atoms with Crippen molar-refractivity contribution in [1.82, 2.24) is 10.2 Å². The molecule has 0 spiro atoms. The van der Waals surface area contributed by atoms with E-state index in [-0.39, 0.29) is 5.91 Å². The second kappa shape index (κ2) is 8.67. The van der Waals surface area contributed by atoms with Gasteiger partial charge >= 0.3 is 0 Å². The Morgan fingerprint density at radius 2 is 1.95 bits per heavy atom. The number of hydrogen-bond donors (Lipinski definition) is 1. The van der Waals surface area contributed by atoms with E-state index in [1.54, 1.807) is 0 Å². The molecule has 116 valence electrons. The van der Waals surface area contributed by atoms with Crippen LogP contribution in [0, 0.1) is 0 Å². The molecule has 1 aromatic rings. The Balaban J connectivity index is 1.71. The molecule has 1 saturated heterocycles. The Morgan fingerprint density at radius 3 is 2.62 bits per heavy atom. The molecule has 0 aromatic heterocycles. The number of carbonyl (C=O) groups is 1. The van der Waals surface area contributed by atoms with Gasteiger partial charge in [0.25, 0.3) is 5.91 Å². The highest BCUT2D eigenvalue weighted by atomic mass is 16.5. The standard InChI is InChI=1S/C17H26N2O2/c1-2-3-14-21-16-8-6-15(7-9-16)17(20)18-10-13-19-11-4-5-12-19/h6-9H,2-5,10-14H2,1H3,(H,18,20). The zero-order valence-corrected chi connectivity index (χ0v) is 12.9. The Morgan fingerprint density at radius 1 is 1.24 bits per heavy atom. The first-order valence-electron chi connectivity index (χ1n) is 8.03. The van der Waals surface area contributed by atoms with Crippen molar-refractivity contribution >= 4 is 5.91 Å². The van der Waals surface area contributed by atoms with E-state index < -0.39 is 0 Å². The van der Waals surface area contributed by atoms with Gasteiger partial charge in [0.1, 0.15) is 5.75 Å². The first-order valence-corrected chi connectivity index (χ1v) is 8.03. The quantitative estimate of drug-likeness (QED) is 0.748. The zero-order chi connectivity index (χ0) is 14.9. The van der Waals surface area contributed by atoms with E-state index in [1.807, 2.05) is 24.3 Å². The number of likely N-dealkylation sites (tertiary alicyclic amines) is 1. The Kier molecular flexibility index (Phi) is 6.54. The molecule has 1 aromatic carbocycles. The largest absolute Gasteiger partial charge is 0.494 e. The fourth-order valence-corrected chi connectivity index (χ4v) is 2.47. The van der Waals surface area contributed by atoms with E-state index in [0.717, 1.165) is 31.7 Å². The average Bonchev–Trinajstić information content (AvgIpc) is 3.01. The van der Waals surface area contributed by atoms with Crippen LogP contribution in [0.2, 0.25) is 0 Å². The smallest absolute Gasteiger partial charge is 0.251 e. The van der Waals surface area contributed by atoms with Gasteiger partial charge in [-0.3, -0.25) is 4.79 Å². The summed E-state index contributed by atoms with van der Waals surface area (Å²) in [6.45, 7) is 6.87. The first kappa shape index (κ1) is 15.8. The highest BCUT2D eigenvalue weighted by Crippen LogP contribution is 2.12. The van der Waals surface area contributed by atoms with Crippen LogP contribution >= 0.6 is 0 Å². The Bertz CT molecular complexity index is 425. The van der Waals surface area contributed by atoms with Crippen molar-refractivity contribution in [3.8, 4) is 5.75 Å². The maximum absolute atomic E-state index is 12.0. The van der Waals surface area contributed by atoms with Crippen molar-refractivity contribution in [3.05, 3.63) is 29.8 Å². The molecule has 0 aliphatic carbocycles. The molecule has 1 aliphatic heterocycles. The second-order valence-corrected chi connectivity index (χ2v) is 5.53. The van der Waals surface area contributed by atoms with Gasteiger partial charge in [-0.25, -0.2) is 0 Å². The third-order valence-electron chi connectivity index (χ3n) is 3.80. The van der Waals surface area contributed by atoms with Gasteiger partial charge in [0.2, 0.25) is 0 Å². The van der Waals surface area contributed by atoms with Crippen LogP contribution in [-0.4, -0.2) is 43.6 Å². The molecule has 0 atom stereocenters. The average molecular weight is 290 g/mol. The summed E-state index contributed by atoms with van der Waals surface area (Å²) in [6.07, 6.45) is 4.75. The number of rotatable bonds is 8. The van der Waals surface area contributed by atoms with E-state index in [4.69, 9.17) is 4.74 Å². The van der Waals surface area contributed by atoms with Crippen molar-refractivity contribution in [2.24, 2.45) is 0 Å². The summed E-state index contributed by atoms with van der Waals surface area (Å²) in [5.41, 5.74) is 0.694. The molecule has 1 N–H and O–H groups in total. The summed E-state index contributed by atoms with van der Waals surface area (Å²) in [5, 5.41) is 2.98. The maximum Gasteiger partial charge on any atom is 0.251 e. The number of amides is 1. The predicted molar refractivity (Wildman–Crippen MR) is 84.9 cm³/mol. The predicted octanol–water partition coefficient (Wildman–Crippen LogP) is 2.69. The summed E-state index contributed by atoms with van der Waals surface area (Å²) in [7, 11) is 0. The first-order chi connectivity index (χ1) is 10.3. The minimum atomic E-state index is -0.00527. The second-order valence-electron chi connectivity index (χ2n) is 5.53. The monoisotopic (exact) mass is 290 g/mol. The third kappa shape index (κ3) is 5.38. The van der Waals surface area contributed by atoms with Gasteiger partial charge in [-0.05, 0) is 56.6 Å². The molecule has 1 aliphatic rings. The fourth-order valence-electron chi connectivity index (χ4n) is 2.47. The molecule has 21 heavy (non-hydrogen) atoms. The van der Waals surface area contributed by atoms with Crippen molar-refractivity contribution in [2.75, 3.05) is 32.8 Å². The van der Waals surface area contributed by atoms with Crippen molar-refractivity contribution in [2.45, 2.75) is 32.6 Å². The molecule has 4 heteroatoms. The van der Waals surface area contributed by atoms with E-state index in [9.17, 15) is 4.79 Å². The molecule has 1 fully saturated rings. The fraction of sp³-hybridized carbons (Fsp3) is 0.588. The number of nitrogens with one attached hydrogen (secondary N) is 1. The van der Waals surface area contributed by atoms with Gasteiger partial charge in [0.15, 0.2) is 0 Å². The van der Waals surface area contributed by atoms with E-state index >= 15 is 0 Å². The summed E-state index contributed by atoms with van der Waals surface area (Å²) in [4.78, 5) is 14.4. The summed E-state index contributed by atoms with van der Waals surface area (Å²) in [5.74, 6) is 0.825. The lowest BCUT2D eigenvalue weighted by atomic mass is 10.2. The number of hydrogen-bond acceptors (Lipinski definition) is 3. The van der Waals surface area contributed by atoms with Gasteiger partial charge in [-0.1, -0.05) is 13.3 Å². The molecule has 2 rings (SSSR count). The van der Waals surface area contributed by atoms with Crippen LogP contribution in [0.15, 0.2) is 24.3 Å². The third-order valence-corrected chi connectivity index (χ3v) is 3.80. The van der Waals surface area contributed by atoms with Gasteiger partial charge in [-0.15, -0.1) is 0 Å². The Labute approximate surface area is 127 Å². The van der Waals surface area contributed by atoms with Crippen LogP contribution in [0.4, 0.5) is 0 Å². The van der Waals surface area contributed by atoms with Crippen molar-refractivity contribution < 1.29 is 9.53 Å². The highest BCUT2D eigenvalue weighted by Gasteiger charge is 2.11. The summed E-state index contributed by atoms with van der Waals surface area (Å²) in [6, 6.07) is 7.38. The summed E-state index contributed by atoms with van der Waals surface area (Å²) >= 11 is 0. The van der Waals surface area contributed by atoms with Crippen LogP contribution in [0.5, 0.6) is 5.75 Å². The molecule has 0 unspecified atom stereocenters. The SMILES string of the molecule is CCCCOc1ccc(C(=O)NCCN2CCCC2)cc1. The van der Waals surface area contributed by atoms with Crippen LogP contribution in [0.3, 0.4) is 0 Å². The van der Waals surface area contributed by atoms with Crippen molar-refractivity contribution in [3.63, 3.8) is 0 Å². The number of carbonyl (C=O) groups excluding carboxylic acids is 1. The van der Waals surface area contributed by atoms with E-state index in [1.165, 1.54) is 25.9 Å². The lowest BCUT2D eigenvalue weighted by Crippen LogP contribution is -2.33. The molecule has 4 nitrogen and oxygen atoms in total.